The average molecular weight is 564 g/mol. The van der Waals surface area contributed by atoms with Gasteiger partial charge in [-0.2, -0.15) is 0 Å². The summed E-state index contributed by atoms with van der Waals surface area (Å²) in [5.74, 6) is 0. The maximum Gasteiger partial charge on any atom is 0.330 e. The van der Waals surface area contributed by atoms with Gasteiger partial charge in [0.05, 0.1) is 11.2 Å². The van der Waals surface area contributed by atoms with Crippen LogP contribution in [0.2, 0.25) is 0 Å². The lowest BCUT2D eigenvalue weighted by Gasteiger charge is -2.41. The van der Waals surface area contributed by atoms with Crippen molar-refractivity contribution >= 4 is 44.5 Å². The highest BCUT2D eigenvalue weighted by Gasteiger charge is 2.44. The normalized spacial score (nSPS) is 14.7. The van der Waals surface area contributed by atoms with Crippen LogP contribution in [0.1, 0.15) is 27.7 Å². The summed E-state index contributed by atoms with van der Waals surface area (Å²) in [6.45, 7) is 7.40. The molecule has 0 saturated carbocycles. The third-order valence-electron chi connectivity index (χ3n) is 8.84. The van der Waals surface area contributed by atoms with Crippen molar-refractivity contribution in [2.75, 3.05) is 0 Å². The largest absolute Gasteiger partial charge is 0.427 e. The van der Waals surface area contributed by atoms with E-state index in [4.69, 9.17) is 4.65 Å². The molecule has 0 aromatic heterocycles. The van der Waals surface area contributed by atoms with Gasteiger partial charge in [-0.05, 0) is 85.3 Å². The van der Waals surface area contributed by atoms with Gasteiger partial charge in [-0.25, -0.2) is 0 Å². The third kappa shape index (κ3) is 4.00. The monoisotopic (exact) mass is 563 g/mol. The van der Waals surface area contributed by atoms with Gasteiger partial charge in [-0.3, -0.25) is 0 Å². The number of benzene rings is 5. The molecule has 1 radical (unpaired) electrons. The van der Waals surface area contributed by atoms with E-state index in [2.05, 4.69) is 121 Å². The van der Waals surface area contributed by atoms with Crippen LogP contribution in [0.15, 0.2) is 135 Å². The lowest BCUT2D eigenvalue weighted by Crippen LogP contribution is -2.49. The molecule has 1 atom stereocenters. The molecule has 1 N–H and O–H groups in total. The molecular formula is C38H32BO2S. The number of fused-ring (bicyclic) bond motifs is 5. The third-order valence-corrected chi connectivity index (χ3v) is 12.9. The van der Waals surface area contributed by atoms with Crippen LogP contribution in [0.3, 0.4) is 0 Å². The second-order valence-corrected chi connectivity index (χ2v) is 15.0. The Morgan fingerprint density at radius 2 is 1.24 bits per heavy atom. The molecule has 0 bridgehead atoms. The Hall–Kier alpha value is -4.01. The van der Waals surface area contributed by atoms with Crippen molar-refractivity contribution in [2.45, 2.75) is 58.5 Å². The van der Waals surface area contributed by atoms with Gasteiger partial charge < -0.3 is 9.76 Å². The summed E-state index contributed by atoms with van der Waals surface area (Å²) in [4.78, 5) is 5.25. The Bertz CT molecular complexity index is 1880. The van der Waals surface area contributed by atoms with E-state index in [0.29, 0.717) is 0 Å². The summed E-state index contributed by atoms with van der Waals surface area (Å²) in [5, 5.41) is 15.6. The quantitative estimate of drug-likeness (QED) is 0.205. The van der Waals surface area contributed by atoms with Crippen molar-refractivity contribution in [3.63, 3.8) is 0 Å². The first kappa shape index (κ1) is 26.9. The highest BCUT2D eigenvalue weighted by atomic mass is 32.3. The Morgan fingerprint density at radius 3 is 2.05 bits per heavy atom. The van der Waals surface area contributed by atoms with Crippen molar-refractivity contribution in [2.24, 2.45) is 0 Å². The van der Waals surface area contributed by atoms with Gasteiger partial charge >= 0.3 is 7.48 Å². The molecule has 4 heteroatoms. The van der Waals surface area contributed by atoms with Crippen molar-refractivity contribution in [1.29, 1.82) is 0 Å². The fraction of sp³-hybridized carbons (Fsp3) is 0.158. The molecule has 1 aliphatic heterocycles. The summed E-state index contributed by atoms with van der Waals surface area (Å²) in [7, 11) is -0.148. The Balaban J connectivity index is 1.57. The molecule has 205 valence electrons. The molecule has 1 heterocycles. The summed E-state index contributed by atoms with van der Waals surface area (Å²) >= 11 is 0. The zero-order valence-electron chi connectivity index (χ0n) is 24.3. The highest BCUT2D eigenvalue weighted by Crippen LogP contribution is 2.81. The molecule has 0 aliphatic carbocycles. The highest BCUT2D eigenvalue weighted by molar-refractivity contribution is 8.34. The van der Waals surface area contributed by atoms with Gasteiger partial charge in [-0.1, -0.05) is 103 Å². The first-order valence-corrected chi connectivity index (χ1v) is 15.9. The predicted octanol–water partition coefficient (Wildman–Crippen LogP) is 8.73. The minimum Gasteiger partial charge on any atom is -0.427 e. The minimum atomic E-state index is -1.95. The van der Waals surface area contributed by atoms with Crippen molar-refractivity contribution in [3.05, 3.63) is 127 Å². The van der Waals surface area contributed by atoms with Crippen LogP contribution < -0.4 is 5.46 Å². The van der Waals surface area contributed by atoms with Crippen LogP contribution in [0, 0.1) is 12.1 Å². The number of hydrogen-bond acceptors (Lipinski definition) is 2. The maximum atomic E-state index is 10.7. The first-order chi connectivity index (χ1) is 20.2. The topological polar surface area (TPSA) is 29.5 Å². The molecule has 6 aromatic carbocycles. The van der Waals surface area contributed by atoms with Crippen LogP contribution in [0.4, 0.5) is 0 Å². The van der Waals surface area contributed by atoms with Crippen LogP contribution in [0.25, 0.3) is 32.7 Å². The minimum absolute atomic E-state index is 0.767. The molecule has 0 spiro atoms. The molecule has 1 unspecified atom stereocenters. The average Bonchev–Trinajstić information content (AvgIpc) is 3.29. The zero-order valence-corrected chi connectivity index (χ0v) is 25.1. The van der Waals surface area contributed by atoms with E-state index in [1.54, 1.807) is 21.3 Å². The van der Waals surface area contributed by atoms with E-state index in [9.17, 15) is 5.11 Å². The Labute approximate surface area is 250 Å². The van der Waals surface area contributed by atoms with Gasteiger partial charge in [0, 0.05) is 25.0 Å². The predicted molar refractivity (Wildman–Crippen MR) is 175 cm³/mol. The lowest BCUT2D eigenvalue weighted by atomic mass is 9.82. The standard InChI is InChI=1S/C38H32BO2S/c1-37(2,40)38(3,4)41-39-28-23-24-32-31-19-9-10-20-35(31)42(36(32)25-28,33-21-11-15-26-13-5-7-17-29(26)33)34-22-12-16-27-14-6-8-18-30(27)34/h5,7,9-25,40H,1-4H3. The van der Waals surface area contributed by atoms with Crippen LogP contribution >= 0.6 is 10.0 Å². The van der Waals surface area contributed by atoms with E-state index in [1.165, 1.54) is 46.9 Å². The second-order valence-electron chi connectivity index (χ2n) is 12.0. The summed E-state index contributed by atoms with van der Waals surface area (Å²) in [6, 6.07) is 48.2. The van der Waals surface area contributed by atoms with Crippen LogP contribution in [-0.2, 0) is 4.65 Å². The van der Waals surface area contributed by atoms with Gasteiger partial charge in [0.25, 0.3) is 0 Å². The second kappa shape index (κ2) is 9.78. The molecule has 0 fully saturated rings. The van der Waals surface area contributed by atoms with Crippen LogP contribution in [0.5, 0.6) is 0 Å². The molecule has 0 saturated heterocycles. The lowest BCUT2D eigenvalue weighted by molar-refractivity contribution is -0.0893. The molecule has 1 aliphatic rings. The number of hydrogen-bond donors (Lipinski definition) is 1. The fourth-order valence-electron chi connectivity index (χ4n) is 5.92. The van der Waals surface area contributed by atoms with Gasteiger partial charge in [-0.15, -0.1) is 10.0 Å². The zero-order chi connectivity index (χ0) is 29.1. The first-order valence-electron chi connectivity index (χ1n) is 14.3. The van der Waals surface area contributed by atoms with E-state index in [1.807, 2.05) is 19.9 Å². The maximum absolute atomic E-state index is 10.7. The molecule has 2 nitrogen and oxygen atoms in total. The van der Waals surface area contributed by atoms with Crippen molar-refractivity contribution in [1.82, 2.24) is 0 Å². The smallest absolute Gasteiger partial charge is 0.330 e. The summed E-state index contributed by atoms with van der Waals surface area (Å²) < 4.78 is 6.26. The van der Waals surface area contributed by atoms with Gasteiger partial charge in [0.15, 0.2) is 0 Å². The SMILES string of the molecule is CC(C)(O)C(C)(C)O[B]c1ccc2c(c1)S(c1cccc3cc#ccc13)(c1cccc3ccccc13)c1ccccc1-2. The molecule has 7 rings (SSSR count). The molecule has 0 amide bonds. The molecular weight excluding hydrogens is 531 g/mol. The van der Waals surface area contributed by atoms with Crippen molar-refractivity contribution in [3.8, 4) is 11.1 Å². The van der Waals surface area contributed by atoms with Gasteiger partial charge in [0.1, 0.15) is 0 Å². The van der Waals surface area contributed by atoms with E-state index in [0.717, 1.165) is 10.8 Å². The molecule has 6 aromatic rings. The summed E-state index contributed by atoms with van der Waals surface area (Å²) in [5.41, 5.74) is 1.71. The van der Waals surface area contributed by atoms with Gasteiger partial charge in [0.2, 0.25) is 0 Å². The molecule has 42 heavy (non-hydrogen) atoms. The number of rotatable bonds is 6. The van der Waals surface area contributed by atoms with Crippen LogP contribution in [-0.4, -0.2) is 23.8 Å². The van der Waals surface area contributed by atoms with Crippen molar-refractivity contribution < 1.29 is 9.76 Å². The Kier molecular flexibility index (Phi) is 6.26. The van der Waals surface area contributed by atoms with E-state index < -0.39 is 21.2 Å². The summed E-state index contributed by atoms with van der Waals surface area (Å²) in [6.07, 6.45) is 0. The van der Waals surface area contributed by atoms with E-state index >= 15 is 0 Å². The Morgan fingerprint density at radius 1 is 0.619 bits per heavy atom. The number of aliphatic hydroxyl groups is 1. The fourth-order valence-corrected chi connectivity index (χ4v) is 10.5. The van der Waals surface area contributed by atoms with E-state index in [-0.39, 0.29) is 0 Å².